The molecule has 0 spiro atoms. The fourth-order valence-corrected chi connectivity index (χ4v) is 3.75. The Labute approximate surface area is 177 Å². The van der Waals surface area contributed by atoms with E-state index in [1.807, 2.05) is 48.5 Å². The number of nitrogens with one attached hydrogen (secondary N) is 1. The van der Waals surface area contributed by atoms with E-state index in [9.17, 15) is 18.4 Å². The molecule has 0 saturated heterocycles. The normalized spacial score (nSPS) is 12.0. The van der Waals surface area contributed by atoms with Gasteiger partial charge in [-0.05, 0) is 51.4 Å². The lowest BCUT2D eigenvalue weighted by molar-refractivity contribution is -0.142. The monoisotopic (exact) mass is 419 g/mol. The molecule has 1 N–H and O–H groups in total. The highest BCUT2D eigenvalue weighted by molar-refractivity contribution is 6.03. The minimum atomic E-state index is -1.14. The van der Waals surface area contributed by atoms with Crippen molar-refractivity contribution in [3.8, 4) is 0 Å². The van der Waals surface area contributed by atoms with Gasteiger partial charge in [-0.1, -0.05) is 48.5 Å². The Morgan fingerprint density at radius 3 is 2.06 bits per heavy atom. The summed E-state index contributed by atoms with van der Waals surface area (Å²) < 4.78 is 31.7. The Balaban J connectivity index is 1.74. The molecule has 0 heterocycles. The van der Waals surface area contributed by atoms with E-state index in [1.54, 1.807) is 0 Å². The molecule has 0 fully saturated rings. The van der Waals surface area contributed by atoms with E-state index < -0.39 is 29.6 Å². The number of fused-ring (bicyclic) bond motifs is 2. The van der Waals surface area contributed by atoms with Gasteiger partial charge in [0.05, 0.1) is 7.11 Å². The summed E-state index contributed by atoms with van der Waals surface area (Å²) in [6.07, 6.45) is 0.171. The van der Waals surface area contributed by atoms with Gasteiger partial charge in [0.2, 0.25) is 0 Å². The van der Waals surface area contributed by atoms with Crippen LogP contribution in [-0.2, 0) is 16.0 Å². The van der Waals surface area contributed by atoms with Crippen LogP contribution in [0.15, 0.2) is 72.8 Å². The van der Waals surface area contributed by atoms with Crippen molar-refractivity contribution in [3.05, 3.63) is 95.6 Å². The van der Waals surface area contributed by atoms with Gasteiger partial charge in [-0.25, -0.2) is 13.6 Å². The number of carbonyl (C=O) groups is 2. The average Bonchev–Trinajstić information content (AvgIpc) is 2.79. The van der Waals surface area contributed by atoms with Crippen molar-refractivity contribution in [2.24, 2.45) is 0 Å². The van der Waals surface area contributed by atoms with Crippen LogP contribution in [0.4, 0.5) is 8.78 Å². The van der Waals surface area contributed by atoms with Crippen molar-refractivity contribution >= 4 is 33.4 Å². The quantitative estimate of drug-likeness (QED) is 0.374. The van der Waals surface area contributed by atoms with Crippen LogP contribution in [0.1, 0.15) is 15.9 Å². The molecule has 6 heteroatoms. The number of rotatable bonds is 5. The van der Waals surface area contributed by atoms with Crippen molar-refractivity contribution in [1.82, 2.24) is 5.32 Å². The third-order valence-corrected chi connectivity index (χ3v) is 5.26. The van der Waals surface area contributed by atoms with Crippen LogP contribution in [0, 0.1) is 11.6 Å². The van der Waals surface area contributed by atoms with Crippen molar-refractivity contribution < 1.29 is 23.1 Å². The molecular weight excluding hydrogens is 400 g/mol. The molecule has 4 aromatic rings. The summed E-state index contributed by atoms with van der Waals surface area (Å²) in [7, 11) is 1.24. The second-order valence-corrected chi connectivity index (χ2v) is 7.18. The zero-order valence-electron chi connectivity index (χ0n) is 16.7. The summed E-state index contributed by atoms with van der Waals surface area (Å²) in [5, 5.41) is 6.53. The Hall–Kier alpha value is -3.80. The fourth-order valence-electron chi connectivity index (χ4n) is 3.75. The number of hydrogen-bond acceptors (Lipinski definition) is 3. The summed E-state index contributed by atoms with van der Waals surface area (Å²) in [6.45, 7) is 0. The van der Waals surface area contributed by atoms with Crippen molar-refractivity contribution in [1.29, 1.82) is 0 Å². The Kier molecular flexibility index (Phi) is 5.62. The van der Waals surface area contributed by atoms with E-state index in [-0.39, 0.29) is 12.0 Å². The molecule has 0 aliphatic rings. The Morgan fingerprint density at radius 1 is 0.871 bits per heavy atom. The van der Waals surface area contributed by atoms with Crippen LogP contribution in [0.3, 0.4) is 0 Å². The molecule has 0 aromatic heterocycles. The maximum absolute atomic E-state index is 13.6. The first kappa shape index (κ1) is 20.5. The molecule has 0 radical (unpaired) electrons. The van der Waals surface area contributed by atoms with Gasteiger partial charge in [0.15, 0.2) is 11.6 Å². The van der Waals surface area contributed by atoms with E-state index >= 15 is 0 Å². The highest BCUT2D eigenvalue weighted by Crippen LogP contribution is 2.29. The number of esters is 1. The fraction of sp³-hybridized carbons (Fsp3) is 0.120. The zero-order valence-corrected chi connectivity index (χ0v) is 16.7. The maximum Gasteiger partial charge on any atom is 0.328 e. The van der Waals surface area contributed by atoms with Gasteiger partial charge < -0.3 is 10.1 Å². The summed E-state index contributed by atoms with van der Waals surface area (Å²) in [5.41, 5.74) is 0.797. The van der Waals surface area contributed by atoms with Gasteiger partial charge in [-0.2, -0.15) is 0 Å². The van der Waals surface area contributed by atoms with E-state index in [0.717, 1.165) is 45.3 Å². The highest BCUT2D eigenvalue weighted by atomic mass is 19.2. The minimum Gasteiger partial charge on any atom is -0.467 e. The van der Waals surface area contributed by atoms with Gasteiger partial charge in [0.25, 0.3) is 5.91 Å². The van der Waals surface area contributed by atoms with Gasteiger partial charge in [0, 0.05) is 12.0 Å². The van der Waals surface area contributed by atoms with Crippen molar-refractivity contribution in [3.63, 3.8) is 0 Å². The van der Waals surface area contributed by atoms with Crippen LogP contribution in [0.25, 0.3) is 21.5 Å². The largest absolute Gasteiger partial charge is 0.467 e. The summed E-state index contributed by atoms with van der Waals surface area (Å²) in [6, 6.07) is 19.5. The summed E-state index contributed by atoms with van der Waals surface area (Å²) in [4.78, 5) is 25.2. The predicted molar refractivity (Wildman–Crippen MR) is 115 cm³/mol. The molecule has 4 nitrogen and oxygen atoms in total. The average molecular weight is 419 g/mol. The SMILES string of the molecule is COC(=O)[C@H](Cc1c2ccccc2cc2ccccc12)NC(=O)c1ccc(F)c(F)c1. The zero-order chi connectivity index (χ0) is 22.0. The summed E-state index contributed by atoms with van der Waals surface area (Å²) >= 11 is 0. The lowest BCUT2D eigenvalue weighted by atomic mass is 9.92. The Morgan fingerprint density at radius 2 is 1.48 bits per heavy atom. The number of hydrogen-bond donors (Lipinski definition) is 1. The lowest BCUT2D eigenvalue weighted by Crippen LogP contribution is -2.43. The smallest absolute Gasteiger partial charge is 0.328 e. The number of carbonyl (C=O) groups excluding carboxylic acids is 2. The van der Waals surface area contributed by atoms with Crippen LogP contribution >= 0.6 is 0 Å². The molecule has 4 aromatic carbocycles. The molecular formula is C25H19F2NO3. The molecule has 31 heavy (non-hydrogen) atoms. The second kappa shape index (κ2) is 8.52. The van der Waals surface area contributed by atoms with Gasteiger partial charge in [0.1, 0.15) is 6.04 Å². The topological polar surface area (TPSA) is 55.4 Å². The first-order valence-electron chi connectivity index (χ1n) is 9.71. The number of ether oxygens (including phenoxy) is 1. The molecule has 0 aliphatic carbocycles. The third-order valence-electron chi connectivity index (χ3n) is 5.26. The molecule has 0 unspecified atom stereocenters. The molecule has 0 aliphatic heterocycles. The molecule has 156 valence electrons. The third kappa shape index (κ3) is 4.10. The van der Waals surface area contributed by atoms with E-state index in [2.05, 4.69) is 11.4 Å². The Bertz CT molecular complexity index is 1250. The van der Waals surface area contributed by atoms with Crippen LogP contribution < -0.4 is 5.32 Å². The van der Waals surface area contributed by atoms with Crippen LogP contribution in [0.5, 0.6) is 0 Å². The maximum atomic E-state index is 13.6. The number of halogens is 2. The van der Waals surface area contributed by atoms with Gasteiger partial charge in [-0.15, -0.1) is 0 Å². The minimum absolute atomic E-state index is 0.0874. The first-order chi connectivity index (χ1) is 15.0. The predicted octanol–water partition coefficient (Wildman–Crippen LogP) is 4.79. The van der Waals surface area contributed by atoms with E-state index in [4.69, 9.17) is 4.74 Å². The molecule has 0 saturated carbocycles. The van der Waals surface area contributed by atoms with Crippen molar-refractivity contribution in [2.45, 2.75) is 12.5 Å². The first-order valence-corrected chi connectivity index (χ1v) is 9.71. The molecule has 0 bridgehead atoms. The molecule has 4 rings (SSSR count). The molecule has 1 atom stereocenters. The van der Waals surface area contributed by atoms with Crippen LogP contribution in [-0.4, -0.2) is 25.0 Å². The number of benzene rings is 4. The van der Waals surface area contributed by atoms with E-state index in [0.29, 0.717) is 0 Å². The van der Waals surface area contributed by atoms with Gasteiger partial charge >= 0.3 is 5.97 Å². The standard InChI is InChI=1S/C25H19F2NO3/c1-31-25(30)23(28-24(29)17-10-11-21(26)22(27)13-17)14-20-18-8-4-2-6-15(18)12-16-7-3-5-9-19(16)20/h2-13,23H,14H2,1H3,(H,28,29)/t23-/m0/s1. The summed E-state index contributed by atoms with van der Waals surface area (Å²) in [5.74, 6) is -3.52. The highest BCUT2D eigenvalue weighted by Gasteiger charge is 2.25. The van der Waals surface area contributed by atoms with E-state index in [1.165, 1.54) is 7.11 Å². The lowest BCUT2D eigenvalue weighted by Gasteiger charge is -2.19. The number of amides is 1. The number of methoxy groups -OCH3 is 1. The van der Waals surface area contributed by atoms with Crippen molar-refractivity contribution in [2.75, 3.05) is 7.11 Å². The molecule has 1 amide bonds. The van der Waals surface area contributed by atoms with Crippen LogP contribution in [0.2, 0.25) is 0 Å². The second-order valence-electron chi connectivity index (χ2n) is 7.18. The van der Waals surface area contributed by atoms with Gasteiger partial charge in [-0.3, -0.25) is 4.79 Å².